The Morgan fingerprint density at radius 1 is 1.27 bits per heavy atom. The smallest absolute Gasteiger partial charge is 0.231 e. The molecule has 1 aromatic heterocycles. The van der Waals surface area contributed by atoms with Crippen LogP contribution in [0.3, 0.4) is 0 Å². The highest BCUT2D eigenvalue weighted by Gasteiger charge is 2.28. The lowest BCUT2D eigenvalue weighted by molar-refractivity contribution is -0.133. The number of nitrogens with zero attached hydrogens (tertiary/aromatic N) is 4. The summed E-state index contributed by atoms with van der Waals surface area (Å²) in [5.41, 5.74) is 0.562. The molecule has 1 unspecified atom stereocenters. The van der Waals surface area contributed by atoms with E-state index in [4.69, 9.17) is 4.52 Å². The Labute approximate surface area is 176 Å². The maximum atomic E-state index is 13.4. The molecule has 1 aliphatic heterocycles. The fourth-order valence-corrected chi connectivity index (χ4v) is 3.83. The molecule has 1 aliphatic rings. The van der Waals surface area contributed by atoms with Crippen LogP contribution in [0.5, 0.6) is 0 Å². The molecule has 0 aliphatic carbocycles. The van der Waals surface area contributed by atoms with E-state index in [1.54, 1.807) is 17.0 Å². The SMILES string of the molecule is CCN(CC)C(=O)CCCC(=O)N1CCCC(c2nc(-c3cccc(F)c3)no2)C1. The van der Waals surface area contributed by atoms with E-state index in [0.29, 0.717) is 62.7 Å². The van der Waals surface area contributed by atoms with Crippen LogP contribution in [0.2, 0.25) is 0 Å². The molecule has 0 bridgehead atoms. The average molecular weight is 416 g/mol. The van der Waals surface area contributed by atoms with Gasteiger partial charge in [0.2, 0.25) is 23.5 Å². The lowest BCUT2D eigenvalue weighted by Crippen LogP contribution is -2.39. The van der Waals surface area contributed by atoms with Crippen molar-refractivity contribution in [1.82, 2.24) is 19.9 Å². The van der Waals surface area contributed by atoms with Crippen molar-refractivity contribution in [3.63, 3.8) is 0 Å². The van der Waals surface area contributed by atoms with Gasteiger partial charge in [-0.2, -0.15) is 4.98 Å². The normalized spacial score (nSPS) is 16.5. The molecule has 1 fully saturated rings. The third-order valence-electron chi connectivity index (χ3n) is 5.55. The van der Waals surface area contributed by atoms with Gasteiger partial charge in [-0.15, -0.1) is 0 Å². The van der Waals surface area contributed by atoms with Crippen molar-refractivity contribution >= 4 is 11.8 Å². The molecule has 30 heavy (non-hydrogen) atoms. The van der Waals surface area contributed by atoms with E-state index in [1.165, 1.54) is 12.1 Å². The summed E-state index contributed by atoms with van der Waals surface area (Å²) in [7, 11) is 0. The third kappa shape index (κ3) is 5.43. The molecule has 0 spiro atoms. The first-order valence-corrected chi connectivity index (χ1v) is 10.7. The zero-order valence-corrected chi connectivity index (χ0v) is 17.6. The number of halogens is 1. The number of amides is 2. The van der Waals surface area contributed by atoms with E-state index >= 15 is 0 Å². The monoisotopic (exact) mass is 416 g/mol. The summed E-state index contributed by atoms with van der Waals surface area (Å²) in [6.07, 6.45) is 3.02. The molecule has 2 amide bonds. The van der Waals surface area contributed by atoms with Crippen molar-refractivity contribution in [3.05, 3.63) is 36.0 Å². The van der Waals surface area contributed by atoms with Crippen LogP contribution in [-0.4, -0.2) is 57.9 Å². The number of carbonyl (C=O) groups is 2. The van der Waals surface area contributed by atoms with Crippen LogP contribution in [0.15, 0.2) is 28.8 Å². The van der Waals surface area contributed by atoms with E-state index in [-0.39, 0.29) is 23.5 Å². The molecule has 8 heteroatoms. The number of benzene rings is 1. The van der Waals surface area contributed by atoms with Crippen molar-refractivity contribution in [3.8, 4) is 11.4 Å². The van der Waals surface area contributed by atoms with Crippen LogP contribution in [0.25, 0.3) is 11.4 Å². The number of carbonyl (C=O) groups excluding carboxylic acids is 2. The van der Waals surface area contributed by atoms with Gasteiger partial charge in [-0.1, -0.05) is 17.3 Å². The van der Waals surface area contributed by atoms with E-state index in [9.17, 15) is 14.0 Å². The van der Waals surface area contributed by atoms with Gasteiger partial charge in [0, 0.05) is 44.6 Å². The molecule has 2 heterocycles. The van der Waals surface area contributed by atoms with Crippen molar-refractivity contribution < 1.29 is 18.5 Å². The molecule has 1 atom stereocenters. The molecule has 2 aromatic rings. The van der Waals surface area contributed by atoms with Crippen molar-refractivity contribution in [2.24, 2.45) is 0 Å². The number of hydrogen-bond donors (Lipinski definition) is 0. The van der Waals surface area contributed by atoms with Gasteiger partial charge in [0.1, 0.15) is 5.82 Å². The van der Waals surface area contributed by atoms with Gasteiger partial charge in [-0.25, -0.2) is 4.39 Å². The predicted octanol–water partition coefficient (Wildman–Crippen LogP) is 3.62. The van der Waals surface area contributed by atoms with Crippen LogP contribution in [0.1, 0.15) is 57.8 Å². The summed E-state index contributed by atoms with van der Waals surface area (Å²) in [5.74, 6) is 0.589. The predicted molar refractivity (Wildman–Crippen MR) is 110 cm³/mol. The van der Waals surface area contributed by atoms with Gasteiger partial charge >= 0.3 is 0 Å². The zero-order valence-electron chi connectivity index (χ0n) is 17.6. The highest BCUT2D eigenvalue weighted by atomic mass is 19.1. The largest absolute Gasteiger partial charge is 0.343 e. The highest BCUT2D eigenvalue weighted by Crippen LogP contribution is 2.28. The summed E-state index contributed by atoms with van der Waals surface area (Å²) >= 11 is 0. The molecular weight excluding hydrogens is 387 g/mol. The quantitative estimate of drug-likeness (QED) is 0.657. The number of aromatic nitrogens is 2. The summed E-state index contributed by atoms with van der Waals surface area (Å²) in [6.45, 7) is 6.52. The van der Waals surface area contributed by atoms with Gasteiger partial charge in [0.25, 0.3) is 0 Å². The topological polar surface area (TPSA) is 79.5 Å². The highest BCUT2D eigenvalue weighted by molar-refractivity contribution is 5.79. The second kappa shape index (κ2) is 10.3. The lowest BCUT2D eigenvalue weighted by Gasteiger charge is -2.31. The Hall–Kier alpha value is -2.77. The van der Waals surface area contributed by atoms with Gasteiger partial charge < -0.3 is 14.3 Å². The maximum Gasteiger partial charge on any atom is 0.231 e. The average Bonchev–Trinajstić information content (AvgIpc) is 3.25. The molecule has 0 radical (unpaired) electrons. The molecule has 162 valence electrons. The Kier molecular flexibility index (Phi) is 7.54. The summed E-state index contributed by atoms with van der Waals surface area (Å²) < 4.78 is 18.9. The van der Waals surface area contributed by atoms with E-state index in [2.05, 4.69) is 10.1 Å². The second-order valence-corrected chi connectivity index (χ2v) is 7.57. The van der Waals surface area contributed by atoms with Gasteiger partial charge in [0.05, 0.1) is 5.92 Å². The fourth-order valence-electron chi connectivity index (χ4n) is 3.83. The Morgan fingerprint density at radius 2 is 2.07 bits per heavy atom. The van der Waals surface area contributed by atoms with Gasteiger partial charge in [-0.05, 0) is 45.2 Å². The first-order chi connectivity index (χ1) is 14.5. The zero-order chi connectivity index (χ0) is 21.5. The van der Waals surface area contributed by atoms with Crippen LogP contribution in [0.4, 0.5) is 4.39 Å². The van der Waals surface area contributed by atoms with E-state index < -0.39 is 0 Å². The molecule has 1 aromatic carbocycles. The number of hydrogen-bond acceptors (Lipinski definition) is 5. The van der Waals surface area contributed by atoms with Crippen LogP contribution in [0, 0.1) is 5.82 Å². The maximum absolute atomic E-state index is 13.4. The molecule has 0 saturated carbocycles. The summed E-state index contributed by atoms with van der Waals surface area (Å²) in [4.78, 5) is 32.7. The van der Waals surface area contributed by atoms with Crippen molar-refractivity contribution in [2.75, 3.05) is 26.2 Å². The molecule has 0 N–H and O–H groups in total. The van der Waals surface area contributed by atoms with Crippen LogP contribution >= 0.6 is 0 Å². The first-order valence-electron chi connectivity index (χ1n) is 10.7. The molecule has 1 saturated heterocycles. The third-order valence-corrected chi connectivity index (χ3v) is 5.55. The van der Waals surface area contributed by atoms with Crippen molar-refractivity contribution in [1.29, 1.82) is 0 Å². The van der Waals surface area contributed by atoms with Gasteiger partial charge in [-0.3, -0.25) is 9.59 Å². The van der Waals surface area contributed by atoms with Gasteiger partial charge in [0.15, 0.2) is 0 Å². The number of rotatable bonds is 8. The fraction of sp³-hybridized carbons (Fsp3) is 0.545. The van der Waals surface area contributed by atoms with E-state index in [1.807, 2.05) is 18.7 Å². The summed E-state index contributed by atoms with van der Waals surface area (Å²) in [5, 5.41) is 3.98. The van der Waals surface area contributed by atoms with E-state index in [0.717, 1.165) is 12.8 Å². The standard InChI is InChI=1S/C22H29FN4O3/c1-3-26(4-2)19(28)11-6-12-20(29)27-13-7-9-17(15-27)22-24-21(25-30-22)16-8-5-10-18(23)14-16/h5,8,10,14,17H,3-4,6-7,9,11-13,15H2,1-2H3. The first kappa shape index (κ1) is 21.9. The minimum atomic E-state index is -0.354. The van der Waals surface area contributed by atoms with Crippen molar-refractivity contribution in [2.45, 2.75) is 51.9 Å². The molecular formula is C22H29FN4O3. The molecule has 7 nitrogen and oxygen atoms in total. The minimum Gasteiger partial charge on any atom is -0.343 e. The van der Waals surface area contributed by atoms with Crippen LogP contribution in [-0.2, 0) is 9.59 Å². The minimum absolute atomic E-state index is 0.0326. The Bertz CT molecular complexity index is 866. The number of likely N-dealkylation sites (tertiary alicyclic amines) is 1. The second-order valence-electron chi connectivity index (χ2n) is 7.57. The number of piperidine rings is 1. The Morgan fingerprint density at radius 3 is 2.80 bits per heavy atom. The lowest BCUT2D eigenvalue weighted by atomic mass is 9.97. The summed E-state index contributed by atoms with van der Waals surface area (Å²) in [6, 6.07) is 6.07. The molecule has 3 rings (SSSR count). The Balaban J connectivity index is 1.54. The van der Waals surface area contributed by atoms with Crippen LogP contribution < -0.4 is 0 Å².